The molecule has 0 saturated carbocycles. The Morgan fingerprint density at radius 2 is 1.89 bits per heavy atom. The monoisotopic (exact) mass is 338 g/mol. The predicted octanol–water partition coefficient (Wildman–Crippen LogP) is 4.09. The fourth-order valence-corrected chi connectivity index (χ4v) is 2.66. The molecule has 0 amide bonds. The molecule has 0 atom stereocenters. The quantitative estimate of drug-likeness (QED) is 0.856. The van der Waals surface area contributed by atoms with E-state index < -0.39 is 0 Å². The molecule has 2 aromatic rings. The number of methoxy groups -OCH3 is 1. The van der Waals surface area contributed by atoms with Gasteiger partial charge in [0.25, 0.3) is 0 Å². The standard InChI is InChI=1S/C14H11BrO3S/c1-18-14(17)9-2-5-11(6-3-9)19-13-7-4-10(15)8-12(13)16/h2-8,16H,1H3. The van der Waals surface area contributed by atoms with Crippen molar-refractivity contribution in [1.82, 2.24) is 0 Å². The van der Waals surface area contributed by atoms with E-state index in [0.717, 1.165) is 14.3 Å². The molecule has 5 heteroatoms. The first-order valence-corrected chi connectivity index (χ1v) is 7.06. The number of phenols is 1. The van der Waals surface area contributed by atoms with Gasteiger partial charge in [-0.2, -0.15) is 0 Å². The molecule has 0 radical (unpaired) electrons. The van der Waals surface area contributed by atoms with Crippen LogP contribution in [0, 0.1) is 0 Å². The van der Waals surface area contributed by atoms with Crippen molar-refractivity contribution in [2.24, 2.45) is 0 Å². The van der Waals surface area contributed by atoms with Crippen LogP contribution in [0.25, 0.3) is 0 Å². The van der Waals surface area contributed by atoms with Crippen molar-refractivity contribution in [3.8, 4) is 5.75 Å². The zero-order valence-corrected chi connectivity index (χ0v) is 12.5. The fraction of sp³-hybridized carbons (Fsp3) is 0.0714. The van der Waals surface area contributed by atoms with E-state index in [2.05, 4.69) is 20.7 Å². The number of aromatic hydroxyl groups is 1. The Kier molecular flexibility index (Phi) is 4.50. The van der Waals surface area contributed by atoms with E-state index in [0.29, 0.717) is 5.56 Å². The zero-order valence-electron chi connectivity index (χ0n) is 10.1. The van der Waals surface area contributed by atoms with Crippen molar-refractivity contribution in [2.75, 3.05) is 7.11 Å². The van der Waals surface area contributed by atoms with Crippen LogP contribution in [0.1, 0.15) is 10.4 Å². The van der Waals surface area contributed by atoms with Crippen molar-refractivity contribution in [1.29, 1.82) is 0 Å². The molecule has 0 heterocycles. The summed E-state index contributed by atoms with van der Waals surface area (Å²) in [5, 5.41) is 9.81. The molecule has 98 valence electrons. The number of carbonyl (C=O) groups is 1. The average molecular weight is 339 g/mol. The summed E-state index contributed by atoms with van der Waals surface area (Å²) in [6, 6.07) is 12.4. The van der Waals surface area contributed by atoms with E-state index in [1.54, 1.807) is 18.2 Å². The van der Waals surface area contributed by atoms with Gasteiger partial charge in [0.2, 0.25) is 0 Å². The third-order valence-electron chi connectivity index (χ3n) is 2.42. The van der Waals surface area contributed by atoms with Crippen molar-refractivity contribution in [3.05, 3.63) is 52.5 Å². The van der Waals surface area contributed by atoms with E-state index >= 15 is 0 Å². The predicted molar refractivity (Wildman–Crippen MR) is 77.7 cm³/mol. The minimum absolute atomic E-state index is 0.219. The Balaban J connectivity index is 2.17. The molecule has 19 heavy (non-hydrogen) atoms. The van der Waals surface area contributed by atoms with Crippen molar-refractivity contribution >= 4 is 33.7 Å². The summed E-state index contributed by atoms with van der Waals surface area (Å²) >= 11 is 4.72. The second-order valence-corrected chi connectivity index (χ2v) is 5.76. The smallest absolute Gasteiger partial charge is 0.337 e. The summed E-state index contributed by atoms with van der Waals surface area (Å²) in [7, 11) is 1.35. The van der Waals surface area contributed by atoms with Crippen LogP contribution in [-0.4, -0.2) is 18.2 Å². The van der Waals surface area contributed by atoms with Gasteiger partial charge in [0.1, 0.15) is 5.75 Å². The minimum atomic E-state index is -0.358. The highest BCUT2D eigenvalue weighted by Crippen LogP contribution is 2.35. The van der Waals surface area contributed by atoms with E-state index in [1.807, 2.05) is 24.3 Å². The molecule has 0 aromatic heterocycles. The molecule has 0 aliphatic carbocycles. The van der Waals surface area contributed by atoms with Crippen LogP contribution in [0.15, 0.2) is 56.7 Å². The first-order valence-electron chi connectivity index (χ1n) is 5.45. The maximum Gasteiger partial charge on any atom is 0.337 e. The van der Waals surface area contributed by atoms with Gasteiger partial charge in [-0.3, -0.25) is 0 Å². The summed E-state index contributed by atoms with van der Waals surface area (Å²) in [6.07, 6.45) is 0. The van der Waals surface area contributed by atoms with Gasteiger partial charge in [-0.1, -0.05) is 27.7 Å². The summed E-state index contributed by atoms with van der Waals surface area (Å²) in [6.45, 7) is 0. The number of phenolic OH excluding ortho intramolecular Hbond substituents is 1. The third-order valence-corrected chi connectivity index (χ3v) is 3.99. The third kappa shape index (κ3) is 3.52. The van der Waals surface area contributed by atoms with Crippen LogP contribution >= 0.6 is 27.7 Å². The molecule has 0 fully saturated rings. The van der Waals surface area contributed by atoms with Crippen LogP contribution in [0.2, 0.25) is 0 Å². The molecule has 0 unspecified atom stereocenters. The van der Waals surface area contributed by atoms with E-state index in [-0.39, 0.29) is 11.7 Å². The fourth-order valence-electron chi connectivity index (χ4n) is 1.48. The second kappa shape index (κ2) is 6.12. The molecule has 0 bridgehead atoms. The van der Waals surface area contributed by atoms with Gasteiger partial charge in [0, 0.05) is 9.37 Å². The molecule has 0 spiro atoms. The summed E-state index contributed by atoms with van der Waals surface area (Å²) < 4.78 is 5.46. The van der Waals surface area contributed by atoms with Gasteiger partial charge in [-0.15, -0.1) is 0 Å². The maximum atomic E-state index is 11.3. The highest BCUT2D eigenvalue weighted by molar-refractivity contribution is 9.10. The first-order chi connectivity index (χ1) is 9.10. The number of halogens is 1. The molecule has 2 aromatic carbocycles. The Labute approximate surface area is 123 Å². The summed E-state index contributed by atoms with van der Waals surface area (Å²) in [5.74, 6) is -0.139. The normalized spacial score (nSPS) is 10.2. The first kappa shape index (κ1) is 14.0. The summed E-state index contributed by atoms with van der Waals surface area (Å²) in [4.78, 5) is 13.0. The second-order valence-electron chi connectivity index (χ2n) is 3.73. The van der Waals surface area contributed by atoms with Crippen molar-refractivity contribution < 1.29 is 14.6 Å². The molecular weight excluding hydrogens is 328 g/mol. The molecule has 3 nitrogen and oxygen atoms in total. The molecule has 1 N–H and O–H groups in total. The van der Waals surface area contributed by atoms with Crippen LogP contribution in [0.4, 0.5) is 0 Å². The number of hydrogen-bond donors (Lipinski definition) is 1. The number of rotatable bonds is 3. The molecular formula is C14H11BrO3S. The Morgan fingerprint density at radius 3 is 2.47 bits per heavy atom. The van der Waals surface area contributed by atoms with Crippen molar-refractivity contribution in [2.45, 2.75) is 9.79 Å². The van der Waals surface area contributed by atoms with Gasteiger partial charge >= 0.3 is 5.97 Å². The van der Waals surface area contributed by atoms with E-state index in [1.165, 1.54) is 18.9 Å². The van der Waals surface area contributed by atoms with Crippen LogP contribution in [0.5, 0.6) is 5.75 Å². The molecule has 0 aliphatic rings. The highest BCUT2D eigenvalue weighted by atomic mass is 79.9. The molecule has 0 aliphatic heterocycles. The van der Waals surface area contributed by atoms with E-state index in [9.17, 15) is 9.90 Å². The minimum Gasteiger partial charge on any atom is -0.507 e. The number of benzene rings is 2. The lowest BCUT2D eigenvalue weighted by Crippen LogP contribution is -2.00. The summed E-state index contributed by atoms with van der Waals surface area (Å²) in [5.41, 5.74) is 0.506. The lowest BCUT2D eigenvalue weighted by Gasteiger charge is -2.05. The Bertz CT molecular complexity index is 596. The largest absolute Gasteiger partial charge is 0.507 e. The number of carbonyl (C=O) groups excluding carboxylic acids is 1. The van der Waals surface area contributed by atoms with Crippen LogP contribution < -0.4 is 0 Å². The zero-order chi connectivity index (χ0) is 13.8. The van der Waals surface area contributed by atoms with Crippen molar-refractivity contribution in [3.63, 3.8) is 0 Å². The highest BCUT2D eigenvalue weighted by Gasteiger charge is 2.07. The van der Waals surface area contributed by atoms with E-state index in [4.69, 9.17) is 0 Å². The topological polar surface area (TPSA) is 46.5 Å². The SMILES string of the molecule is COC(=O)c1ccc(Sc2ccc(Br)cc2O)cc1. The number of esters is 1. The molecule has 2 rings (SSSR count). The average Bonchev–Trinajstić information content (AvgIpc) is 2.42. The number of ether oxygens (including phenoxy) is 1. The van der Waals surface area contributed by atoms with Gasteiger partial charge in [0.15, 0.2) is 0 Å². The van der Waals surface area contributed by atoms with Gasteiger partial charge in [0.05, 0.1) is 17.6 Å². The molecule has 0 saturated heterocycles. The van der Waals surface area contributed by atoms with Gasteiger partial charge in [-0.05, 0) is 42.5 Å². The Morgan fingerprint density at radius 1 is 1.21 bits per heavy atom. The van der Waals surface area contributed by atoms with Gasteiger partial charge in [-0.25, -0.2) is 4.79 Å². The lowest BCUT2D eigenvalue weighted by atomic mass is 10.2. The lowest BCUT2D eigenvalue weighted by molar-refractivity contribution is 0.0600. The Hall–Kier alpha value is -1.46. The van der Waals surface area contributed by atoms with Gasteiger partial charge < -0.3 is 9.84 Å². The van der Waals surface area contributed by atoms with Crippen LogP contribution in [0.3, 0.4) is 0 Å². The van der Waals surface area contributed by atoms with Crippen LogP contribution in [-0.2, 0) is 4.74 Å². The number of hydrogen-bond acceptors (Lipinski definition) is 4. The maximum absolute atomic E-state index is 11.3.